The molecule has 0 aromatic carbocycles. The van der Waals surface area contributed by atoms with Crippen LogP contribution in [0.2, 0.25) is 0 Å². The van der Waals surface area contributed by atoms with Gasteiger partial charge in [0.25, 0.3) is 0 Å². The Hall–Kier alpha value is -0.380. The lowest BCUT2D eigenvalue weighted by Gasteiger charge is -2.35. The Labute approximate surface area is 102 Å². The molecule has 0 amide bonds. The van der Waals surface area contributed by atoms with Gasteiger partial charge in [-0.05, 0) is 50.9 Å². The fourth-order valence-corrected chi connectivity index (χ4v) is 3.56. The van der Waals surface area contributed by atoms with Crippen LogP contribution in [-0.2, 0) is 12.8 Å². The van der Waals surface area contributed by atoms with E-state index in [1.165, 1.54) is 9.75 Å². The molecule has 3 heteroatoms. The molecule has 90 valence electrons. The van der Waals surface area contributed by atoms with E-state index < -0.39 is 0 Å². The molecule has 1 aliphatic rings. The molecular weight excluding hydrogens is 218 g/mol. The van der Waals surface area contributed by atoms with Crippen LogP contribution < -0.4 is 5.32 Å². The van der Waals surface area contributed by atoms with Crippen LogP contribution in [0.15, 0.2) is 12.1 Å². The van der Waals surface area contributed by atoms with Crippen molar-refractivity contribution in [2.24, 2.45) is 5.41 Å². The van der Waals surface area contributed by atoms with E-state index in [0.29, 0.717) is 6.61 Å². The molecule has 1 aromatic rings. The van der Waals surface area contributed by atoms with Gasteiger partial charge in [0.15, 0.2) is 0 Å². The van der Waals surface area contributed by atoms with Crippen molar-refractivity contribution in [3.63, 3.8) is 0 Å². The highest BCUT2D eigenvalue weighted by atomic mass is 32.1. The molecule has 1 saturated heterocycles. The predicted octanol–water partition coefficient (Wildman–Crippen LogP) is 2.22. The molecule has 1 aliphatic heterocycles. The molecule has 2 heterocycles. The third kappa shape index (κ3) is 2.65. The van der Waals surface area contributed by atoms with Gasteiger partial charge in [-0.2, -0.15) is 0 Å². The van der Waals surface area contributed by atoms with E-state index in [1.807, 2.05) is 11.3 Å². The van der Waals surface area contributed by atoms with Crippen molar-refractivity contribution >= 4 is 11.3 Å². The highest BCUT2D eigenvalue weighted by Gasteiger charge is 2.31. The average molecular weight is 239 g/mol. The minimum Gasteiger partial charge on any atom is -0.396 e. The zero-order chi connectivity index (χ0) is 11.4. The average Bonchev–Trinajstić information content (AvgIpc) is 2.78. The number of thiophene rings is 1. The molecule has 0 unspecified atom stereocenters. The van der Waals surface area contributed by atoms with Crippen molar-refractivity contribution in [2.45, 2.75) is 32.6 Å². The topological polar surface area (TPSA) is 32.3 Å². The second-order valence-electron chi connectivity index (χ2n) is 4.81. The highest BCUT2D eigenvalue weighted by Crippen LogP contribution is 2.34. The molecule has 0 radical (unpaired) electrons. The summed E-state index contributed by atoms with van der Waals surface area (Å²) in [6.07, 6.45) is 4.37. The maximum absolute atomic E-state index is 9.64. The van der Waals surface area contributed by atoms with Crippen molar-refractivity contribution in [2.75, 3.05) is 19.7 Å². The van der Waals surface area contributed by atoms with Gasteiger partial charge in [0.05, 0.1) is 0 Å². The summed E-state index contributed by atoms with van der Waals surface area (Å²) in [7, 11) is 0. The summed E-state index contributed by atoms with van der Waals surface area (Å²) in [5.74, 6) is 0. The third-order valence-electron chi connectivity index (χ3n) is 3.61. The Morgan fingerprint density at radius 2 is 2.00 bits per heavy atom. The zero-order valence-corrected chi connectivity index (χ0v) is 10.8. The van der Waals surface area contributed by atoms with E-state index in [9.17, 15) is 5.11 Å². The van der Waals surface area contributed by atoms with Gasteiger partial charge in [0, 0.05) is 21.8 Å². The maximum atomic E-state index is 9.64. The molecule has 2 nitrogen and oxygen atoms in total. The van der Waals surface area contributed by atoms with Gasteiger partial charge < -0.3 is 10.4 Å². The molecule has 0 spiro atoms. The van der Waals surface area contributed by atoms with Crippen LogP contribution >= 0.6 is 11.3 Å². The molecule has 0 bridgehead atoms. The smallest absolute Gasteiger partial charge is 0.0491 e. The fourth-order valence-electron chi connectivity index (χ4n) is 2.42. The second kappa shape index (κ2) is 5.30. The molecule has 1 fully saturated rings. The first-order chi connectivity index (χ1) is 7.78. The van der Waals surface area contributed by atoms with Crippen LogP contribution in [0.1, 0.15) is 29.5 Å². The third-order valence-corrected chi connectivity index (χ3v) is 4.84. The Kier molecular flexibility index (Phi) is 4.00. The summed E-state index contributed by atoms with van der Waals surface area (Å²) in [5, 5.41) is 13.0. The van der Waals surface area contributed by atoms with E-state index in [2.05, 4.69) is 24.4 Å². The SMILES string of the molecule is CCc1ccc(CC2(CO)CCNCC2)s1. The Balaban J connectivity index is 2.05. The second-order valence-corrected chi connectivity index (χ2v) is 6.06. The predicted molar refractivity (Wildman–Crippen MR) is 69.0 cm³/mol. The van der Waals surface area contributed by atoms with Crippen molar-refractivity contribution in [3.05, 3.63) is 21.9 Å². The zero-order valence-electron chi connectivity index (χ0n) is 9.96. The van der Waals surface area contributed by atoms with Crippen LogP contribution in [0.4, 0.5) is 0 Å². The van der Waals surface area contributed by atoms with Gasteiger partial charge in [0.1, 0.15) is 0 Å². The first-order valence-corrected chi connectivity index (χ1v) is 6.99. The number of hydrogen-bond acceptors (Lipinski definition) is 3. The lowest BCUT2D eigenvalue weighted by atomic mass is 9.76. The largest absolute Gasteiger partial charge is 0.396 e. The van der Waals surface area contributed by atoms with Crippen LogP contribution in [0.25, 0.3) is 0 Å². The van der Waals surface area contributed by atoms with Gasteiger partial charge in [-0.1, -0.05) is 6.92 Å². The number of aliphatic hydroxyl groups excluding tert-OH is 1. The first kappa shape index (κ1) is 12.1. The van der Waals surface area contributed by atoms with Gasteiger partial charge in [0.2, 0.25) is 0 Å². The fraction of sp³-hybridized carbons (Fsp3) is 0.692. The summed E-state index contributed by atoms with van der Waals surface area (Å²) < 4.78 is 0. The normalized spacial score (nSPS) is 19.9. The van der Waals surface area contributed by atoms with Gasteiger partial charge >= 0.3 is 0 Å². The molecular formula is C13H21NOS. The number of rotatable bonds is 4. The molecule has 0 aliphatic carbocycles. The number of aryl methyl sites for hydroxylation is 1. The minimum atomic E-state index is 0.140. The van der Waals surface area contributed by atoms with Crippen LogP contribution in [0, 0.1) is 5.41 Å². The maximum Gasteiger partial charge on any atom is 0.0491 e. The molecule has 2 N–H and O–H groups in total. The van der Waals surface area contributed by atoms with Crippen molar-refractivity contribution in [1.29, 1.82) is 0 Å². The molecule has 16 heavy (non-hydrogen) atoms. The van der Waals surface area contributed by atoms with Crippen molar-refractivity contribution in [1.82, 2.24) is 5.32 Å². The van der Waals surface area contributed by atoms with Crippen molar-refractivity contribution < 1.29 is 5.11 Å². The Bertz CT molecular complexity index is 328. The van der Waals surface area contributed by atoms with Crippen molar-refractivity contribution in [3.8, 4) is 0 Å². The standard InChI is InChI=1S/C13H21NOS/c1-2-11-3-4-12(16-11)9-13(10-15)5-7-14-8-6-13/h3-4,14-15H,2,5-10H2,1H3. The van der Waals surface area contributed by atoms with E-state index in [1.54, 1.807) is 0 Å². The number of hydrogen-bond donors (Lipinski definition) is 2. The van der Waals surface area contributed by atoms with E-state index in [0.717, 1.165) is 38.8 Å². The molecule has 0 saturated carbocycles. The summed E-state index contributed by atoms with van der Waals surface area (Å²) in [6.45, 7) is 4.62. The Morgan fingerprint density at radius 1 is 1.31 bits per heavy atom. The van der Waals surface area contributed by atoms with E-state index in [-0.39, 0.29) is 5.41 Å². The number of nitrogens with one attached hydrogen (secondary N) is 1. The molecule has 1 aromatic heterocycles. The van der Waals surface area contributed by atoms with E-state index in [4.69, 9.17) is 0 Å². The lowest BCUT2D eigenvalue weighted by molar-refractivity contribution is 0.0901. The number of piperidine rings is 1. The van der Waals surface area contributed by atoms with Crippen LogP contribution in [-0.4, -0.2) is 24.8 Å². The van der Waals surface area contributed by atoms with Crippen LogP contribution in [0.3, 0.4) is 0 Å². The quantitative estimate of drug-likeness (QED) is 0.844. The highest BCUT2D eigenvalue weighted by molar-refractivity contribution is 7.11. The summed E-state index contributed by atoms with van der Waals surface area (Å²) in [4.78, 5) is 2.89. The monoisotopic (exact) mass is 239 g/mol. The van der Waals surface area contributed by atoms with Gasteiger partial charge in [-0.25, -0.2) is 0 Å². The number of aliphatic hydroxyl groups is 1. The summed E-state index contributed by atoms with van der Waals surface area (Å²) in [5.41, 5.74) is 0.140. The van der Waals surface area contributed by atoms with E-state index >= 15 is 0 Å². The van der Waals surface area contributed by atoms with Gasteiger partial charge in [-0.15, -0.1) is 11.3 Å². The minimum absolute atomic E-state index is 0.140. The lowest BCUT2D eigenvalue weighted by Crippen LogP contribution is -2.40. The van der Waals surface area contributed by atoms with Crippen LogP contribution in [0.5, 0.6) is 0 Å². The van der Waals surface area contributed by atoms with Gasteiger partial charge in [-0.3, -0.25) is 0 Å². The summed E-state index contributed by atoms with van der Waals surface area (Å²) >= 11 is 1.91. The Morgan fingerprint density at radius 3 is 2.56 bits per heavy atom. The molecule has 2 rings (SSSR count). The first-order valence-electron chi connectivity index (χ1n) is 6.17. The molecule has 0 atom stereocenters. The summed E-state index contributed by atoms with van der Waals surface area (Å²) in [6, 6.07) is 4.47.